The molecule has 18 heavy (non-hydrogen) atoms. The van der Waals surface area contributed by atoms with E-state index in [1.54, 1.807) is 17.1 Å². The molecule has 0 unspecified atom stereocenters. The third-order valence-electron chi connectivity index (χ3n) is 2.56. The van der Waals surface area contributed by atoms with Crippen LogP contribution in [-0.2, 0) is 6.54 Å². The van der Waals surface area contributed by atoms with Gasteiger partial charge in [-0.05, 0) is 19.9 Å². The fourth-order valence-corrected chi connectivity index (χ4v) is 1.76. The van der Waals surface area contributed by atoms with Gasteiger partial charge in [0.2, 0.25) is 0 Å². The maximum absolute atomic E-state index is 6.02. The minimum atomic E-state index is 0.640. The lowest BCUT2D eigenvalue weighted by atomic mass is 10.3. The van der Waals surface area contributed by atoms with Gasteiger partial charge in [-0.25, -0.2) is 14.6 Å². The van der Waals surface area contributed by atoms with E-state index in [-0.39, 0.29) is 0 Å². The van der Waals surface area contributed by atoms with E-state index in [0.717, 1.165) is 36.6 Å². The Morgan fingerprint density at radius 2 is 2.28 bits per heavy atom. The number of halogens is 1. The number of nitrogens with zero attached hydrogens (tertiary/aromatic N) is 4. The summed E-state index contributed by atoms with van der Waals surface area (Å²) in [6, 6.07) is 0. The third-order valence-corrected chi connectivity index (χ3v) is 2.93. The summed E-state index contributed by atoms with van der Waals surface area (Å²) in [7, 11) is 0. The van der Waals surface area contributed by atoms with Gasteiger partial charge in [0, 0.05) is 18.3 Å². The fourth-order valence-electron chi connectivity index (χ4n) is 1.63. The average molecular weight is 266 g/mol. The van der Waals surface area contributed by atoms with Crippen molar-refractivity contribution >= 4 is 11.6 Å². The lowest BCUT2D eigenvalue weighted by molar-refractivity contribution is 0.663. The van der Waals surface area contributed by atoms with Crippen molar-refractivity contribution in [3.8, 4) is 5.82 Å². The second-order valence-electron chi connectivity index (χ2n) is 4.06. The van der Waals surface area contributed by atoms with E-state index in [2.05, 4.69) is 27.3 Å². The average Bonchev–Trinajstić information content (AvgIpc) is 2.70. The van der Waals surface area contributed by atoms with Gasteiger partial charge in [0.15, 0.2) is 5.82 Å². The summed E-state index contributed by atoms with van der Waals surface area (Å²) in [6.45, 7) is 5.69. The van der Waals surface area contributed by atoms with Crippen molar-refractivity contribution in [3.05, 3.63) is 35.0 Å². The Morgan fingerprint density at radius 3 is 2.94 bits per heavy atom. The predicted molar refractivity (Wildman–Crippen MR) is 70.9 cm³/mol. The molecule has 0 saturated heterocycles. The molecule has 6 heteroatoms. The summed E-state index contributed by atoms with van der Waals surface area (Å²) in [5, 5.41) is 8.30. The number of hydrogen-bond acceptors (Lipinski definition) is 4. The molecular formula is C12H16ClN5. The maximum atomic E-state index is 6.02. The maximum Gasteiger partial charge on any atom is 0.161 e. The van der Waals surface area contributed by atoms with Crippen LogP contribution in [0.3, 0.4) is 0 Å². The zero-order valence-corrected chi connectivity index (χ0v) is 11.3. The van der Waals surface area contributed by atoms with Crippen LogP contribution in [0.1, 0.15) is 24.6 Å². The molecule has 0 fully saturated rings. The Balaban J connectivity index is 2.26. The molecule has 0 aliphatic heterocycles. The number of hydrogen-bond donors (Lipinski definition) is 1. The van der Waals surface area contributed by atoms with E-state index in [0.29, 0.717) is 5.02 Å². The summed E-state index contributed by atoms with van der Waals surface area (Å²) in [5.74, 6) is 0.767. The summed E-state index contributed by atoms with van der Waals surface area (Å²) in [5.41, 5.74) is 1.80. The number of aryl methyl sites for hydroxylation is 1. The van der Waals surface area contributed by atoms with Crippen LogP contribution in [0.5, 0.6) is 0 Å². The van der Waals surface area contributed by atoms with Crippen molar-refractivity contribution in [1.29, 1.82) is 0 Å². The molecule has 2 aromatic heterocycles. The third kappa shape index (κ3) is 2.86. The fraction of sp³-hybridized carbons (Fsp3) is 0.417. The lowest BCUT2D eigenvalue weighted by Crippen LogP contribution is -2.16. The van der Waals surface area contributed by atoms with E-state index in [1.807, 2.05) is 6.92 Å². The predicted octanol–water partition coefficient (Wildman–Crippen LogP) is 2.12. The van der Waals surface area contributed by atoms with Crippen molar-refractivity contribution in [2.75, 3.05) is 6.54 Å². The van der Waals surface area contributed by atoms with Crippen molar-refractivity contribution in [2.24, 2.45) is 0 Å². The Bertz CT molecular complexity index is 503. The molecule has 1 N–H and O–H groups in total. The van der Waals surface area contributed by atoms with E-state index in [4.69, 9.17) is 11.6 Å². The van der Waals surface area contributed by atoms with E-state index < -0.39 is 0 Å². The Morgan fingerprint density at radius 1 is 1.44 bits per heavy atom. The van der Waals surface area contributed by atoms with Crippen molar-refractivity contribution < 1.29 is 0 Å². The molecule has 2 rings (SSSR count). The van der Waals surface area contributed by atoms with E-state index in [9.17, 15) is 0 Å². The lowest BCUT2D eigenvalue weighted by Gasteiger charge is -2.08. The quantitative estimate of drug-likeness (QED) is 0.842. The van der Waals surface area contributed by atoms with Gasteiger partial charge < -0.3 is 5.32 Å². The molecular weight excluding hydrogens is 250 g/mol. The van der Waals surface area contributed by atoms with Gasteiger partial charge in [0.05, 0.1) is 16.9 Å². The van der Waals surface area contributed by atoms with Gasteiger partial charge in [0.25, 0.3) is 0 Å². The molecule has 0 aromatic carbocycles. The van der Waals surface area contributed by atoms with Gasteiger partial charge in [-0.1, -0.05) is 18.5 Å². The zero-order valence-electron chi connectivity index (χ0n) is 10.5. The van der Waals surface area contributed by atoms with Crippen LogP contribution in [0, 0.1) is 6.92 Å². The van der Waals surface area contributed by atoms with Gasteiger partial charge >= 0.3 is 0 Å². The van der Waals surface area contributed by atoms with Crippen LogP contribution < -0.4 is 5.32 Å². The van der Waals surface area contributed by atoms with Gasteiger partial charge in [0.1, 0.15) is 6.33 Å². The summed E-state index contributed by atoms with van der Waals surface area (Å²) in [4.78, 5) is 8.33. The van der Waals surface area contributed by atoms with Crippen LogP contribution in [0.15, 0.2) is 18.7 Å². The van der Waals surface area contributed by atoms with Crippen molar-refractivity contribution in [2.45, 2.75) is 26.8 Å². The van der Waals surface area contributed by atoms with Crippen molar-refractivity contribution in [3.63, 3.8) is 0 Å². The van der Waals surface area contributed by atoms with Crippen molar-refractivity contribution in [1.82, 2.24) is 25.1 Å². The Labute approximate surface area is 111 Å². The Hall–Kier alpha value is -1.46. The molecule has 0 saturated carbocycles. The van der Waals surface area contributed by atoms with Crippen LogP contribution in [0.4, 0.5) is 0 Å². The van der Waals surface area contributed by atoms with Crippen LogP contribution in [0.2, 0.25) is 5.02 Å². The molecule has 5 nitrogen and oxygen atoms in total. The summed E-state index contributed by atoms with van der Waals surface area (Å²) < 4.78 is 1.70. The minimum Gasteiger partial charge on any atom is -0.312 e. The molecule has 0 aliphatic rings. The molecule has 2 heterocycles. The second-order valence-corrected chi connectivity index (χ2v) is 4.46. The summed E-state index contributed by atoms with van der Waals surface area (Å²) in [6.07, 6.45) is 6.18. The molecule has 0 atom stereocenters. The van der Waals surface area contributed by atoms with Crippen LogP contribution in [-0.4, -0.2) is 26.3 Å². The van der Waals surface area contributed by atoms with Gasteiger partial charge in [-0.15, -0.1) is 0 Å². The van der Waals surface area contributed by atoms with E-state index in [1.165, 1.54) is 6.33 Å². The minimum absolute atomic E-state index is 0.640. The van der Waals surface area contributed by atoms with E-state index >= 15 is 0 Å². The van der Waals surface area contributed by atoms with Gasteiger partial charge in [-0.2, -0.15) is 5.10 Å². The smallest absolute Gasteiger partial charge is 0.161 e. The second kappa shape index (κ2) is 5.93. The zero-order chi connectivity index (χ0) is 13.0. The molecule has 0 radical (unpaired) electrons. The number of nitrogens with one attached hydrogen (secondary N) is 1. The van der Waals surface area contributed by atoms with Gasteiger partial charge in [-0.3, -0.25) is 0 Å². The molecule has 0 spiro atoms. The topological polar surface area (TPSA) is 55.6 Å². The number of aromatic nitrogens is 4. The molecule has 0 aliphatic carbocycles. The first kappa shape index (κ1) is 13.0. The largest absolute Gasteiger partial charge is 0.312 e. The molecule has 2 aromatic rings. The Kier molecular flexibility index (Phi) is 4.28. The molecule has 0 amide bonds. The standard InChI is InChI=1S/C12H16ClN5/c1-3-4-14-5-10-6-15-8-16-12(10)18-7-11(13)9(2)17-18/h6-8,14H,3-5H2,1-2H3. The van der Waals surface area contributed by atoms with Crippen LogP contribution in [0.25, 0.3) is 5.82 Å². The normalized spacial score (nSPS) is 10.8. The van der Waals surface area contributed by atoms with Crippen LogP contribution >= 0.6 is 11.6 Å². The number of rotatable bonds is 5. The highest BCUT2D eigenvalue weighted by Crippen LogP contribution is 2.16. The first-order chi connectivity index (χ1) is 8.72. The molecule has 96 valence electrons. The molecule has 0 bridgehead atoms. The SMILES string of the molecule is CCCNCc1cncnc1-n1cc(Cl)c(C)n1. The highest BCUT2D eigenvalue weighted by Gasteiger charge is 2.09. The first-order valence-corrected chi connectivity index (χ1v) is 6.32. The highest BCUT2D eigenvalue weighted by molar-refractivity contribution is 6.31. The first-order valence-electron chi connectivity index (χ1n) is 5.94. The summed E-state index contributed by atoms with van der Waals surface area (Å²) >= 11 is 6.02. The monoisotopic (exact) mass is 265 g/mol. The highest BCUT2D eigenvalue weighted by atomic mass is 35.5.